The van der Waals surface area contributed by atoms with Crippen molar-refractivity contribution in [2.24, 2.45) is 0 Å². The molecule has 1 aromatic rings. The maximum absolute atomic E-state index is 12.7. The summed E-state index contributed by atoms with van der Waals surface area (Å²) in [6, 6.07) is 5.18. The molecule has 1 N–H and O–H groups in total. The van der Waals surface area contributed by atoms with Crippen LogP contribution in [0, 0.1) is 0 Å². The van der Waals surface area contributed by atoms with Crippen molar-refractivity contribution in [3.05, 3.63) is 34.9 Å². The first-order chi connectivity index (χ1) is 10.2. The summed E-state index contributed by atoms with van der Waals surface area (Å²) in [5.74, 6) is -1.01. The van der Waals surface area contributed by atoms with Gasteiger partial charge < -0.3 is 10.0 Å². The number of carbonyl (C=O) groups is 2. The van der Waals surface area contributed by atoms with Gasteiger partial charge in [0.15, 0.2) is 0 Å². The summed E-state index contributed by atoms with van der Waals surface area (Å²) in [7, 11) is 0. The van der Waals surface area contributed by atoms with Crippen LogP contribution >= 0.6 is 0 Å². The molecule has 0 aromatic heterocycles. The molecule has 0 bridgehead atoms. The van der Waals surface area contributed by atoms with Crippen molar-refractivity contribution >= 4 is 11.9 Å². The number of aliphatic carboxylic acids is 1. The highest BCUT2D eigenvalue weighted by Crippen LogP contribution is 2.25. The minimum Gasteiger partial charge on any atom is -0.480 e. The second-order valence-corrected chi connectivity index (χ2v) is 6.04. The van der Waals surface area contributed by atoms with Crippen LogP contribution in [0.25, 0.3) is 0 Å². The Labute approximate surface area is 124 Å². The Bertz CT molecular complexity index is 567. The molecule has 0 saturated carbocycles. The smallest absolute Gasteiger partial charge is 0.326 e. The number of amides is 1. The molecule has 4 heteroatoms. The van der Waals surface area contributed by atoms with Crippen LogP contribution in [0.3, 0.4) is 0 Å². The number of rotatable bonds is 2. The molecule has 1 unspecified atom stereocenters. The normalized spacial score (nSPS) is 21.7. The zero-order valence-corrected chi connectivity index (χ0v) is 12.2. The van der Waals surface area contributed by atoms with Crippen molar-refractivity contribution in [2.75, 3.05) is 6.54 Å². The van der Waals surface area contributed by atoms with E-state index in [1.165, 1.54) is 11.1 Å². The molecule has 0 radical (unpaired) electrons. The summed E-state index contributed by atoms with van der Waals surface area (Å²) in [6.45, 7) is 0.548. The molecule has 3 rings (SSSR count). The Morgan fingerprint density at radius 2 is 1.86 bits per heavy atom. The van der Waals surface area contributed by atoms with Crippen molar-refractivity contribution in [1.29, 1.82) is 0 Å². The van der Waals surface area contributed by atoms with E-state index in [2.05, 4.69) is 0 Å². The van der Waals surface area contributed by atoms with E-state index in [0.717, 1.165) is 38.5 Å². The number of carboxylic acids is 1. The van der Waals surface area contributed by atoms with Gasteiger partial charge in [-0.1, -0.05) is 18.9 Å². The van der Waals surface area contributed by atoms with Crippen LogP contribution in [0.1, 0.15) is 53.6 Å². The molecule has 1 aromatic carbocycles. The van der Waals surface area contributed by atoms with Gasteiger partial charge in [-0.25, -0.2) is 4.79 Å². The van der Waals surface area contributed by atoms with Crippen molar-refractivity contribution in [2.45, 2.75) is 51.0 Å². The van der Waals surface area contributed by atoms with Crippen LogP contribution in [0.4, 0.5) is 0 Å². The number of likely N-dealkylation sites (tertiary alicyclic amines) is 1. The maximum Gasteiger partial charge on any atom is 0.326 e. The van der Waals surface area contributed by atoms with E-state index in [1.807, 2.05) is 18.2 Å². The molecule has 1 fully saturated rings. The van der Waals surface area contributed by atoms with Crippen molar-refractivity contribution in [1.82, 2.24) is 4.90 Å². The lowest BCUT2D eigenvalue weighted by Crippen LogP contribution is -2.44. The van der Waals surface area contributed by atoms with Crippen molar-refractivity contribution < 1.29 is 14.7 Å². The van der Waals surface area contributed by atoms with Gasteiger partial charge in [0, 0.05) is 12.1 Å². The van der Waals surface area contributed by atoms with Crippen LogP contribution in [0.2, 0.25) is 0 Å². The Balaban J connectivity index is 1.86. The molecular formula is C17H21NO3. The topological polar surface area (TPSA) is 57.6 Å². The lowest BCUT2D eigenvalue weighted by Gasteiger charge is -2.27. The second-order valence-electron chi connectivity index (χ2n) is 6.04. The fraction of sp³-hybridized carbons (Fsp3) is 0.529. The van der Waals surface area contributed by atoms with E-state index in [-0.39, 0.29) is 5.91 Å². The second kappa shape index (κ2) is 5.88. The van der Waals surface area contributed by atoms with Gasteiger partial charge >= 0.3 is 5.97 Å². The minimum absolute atomic E-state index is 0.126. The maximum atomic E-state index is 12.7. The number of carbonyl (C=O) groups excluding carboxylic acids is 1. The first-order valence-electron chi connectivity index (χ1n) is 7.82. The average molecular weight is 287 g/mol. The summed E-state index contributed by atoms with van der Waals surface area (Å²) < 4.78 is 0. The van der Waals surface area contributed by atoms with Gasteiger partial charge in [0.1, 0.15) is 6.04 Å². The predicted octanol–water partition coefficient (Wildman–Crippen LogP) is 2.64. The SMILES string of the molecule is O=C(O)C1CCCCCN1C(=O)c1ccc2c(c1)CCC2. The number of hydrogen-bond acceptors (Lipinski definition) is 2. The summed E-state index contributed by atoms with van der Waals surface area (Å²) in [4.78, 5) is 25.7. The first-order valence-corrected chi connectivity index (χ1v) is 7.82. The zero-order chi connectivity index (χ0) is 14.8. The van der Waals surface area contributed by atoms with E-state index in [0.29, 0.717) is 18.5 Å². The third kappa shape index (κ3) is 2.80. The van der Waals surface area contributed by atoms with Gasteiger partial charge in [-0.05, 0) is 55.4 Å². The molecule has 4 nitrogen and oxygen atoms in total. The monoisotopic (exact) mass is 287 g/mol. The quantitative estimate of drug-likeness (QED) is 0.909. The number of hydrogen-bond donors (Lipinski definition) is 1. The lowest BCUT2D eigenvalue weighted by molar-refractivity contribution is -0.142. The number of benzene rings is 1. The lowest BCUT2D eigenvalue weighted by atomic mass is 10.0. The molecular weight excluding hydrogens is 266 g/mol. The fourth-order valence-corrected chi connectivity index (χ4v) is 3.48. The van der Waals surface area contributed by atoms with Crippen molar-refractivity contribution in [3.63, 3.8) is 0 Å². The van der Waals surface area contributed by atoms with Crippen LogP contribution in [-0.2, 0) is 17.6 Å². The highest BCUT2D eigenvalue weighted by atomic mass is 16.4. The van der Waals surface area contributed by atoms with Gasteiger partial charge in [-0.2, -0.15) is 0 Å². The van der Waals surface area contributed by atoms with Gasteiger partial charge in [0.05, 0.1) is 0 Å². The third-order valence-corrected chi connectivity index (χ3v) is 4.64. The number of aryl methyl sites for hydroxylation is 2. The van der Waals surface area contributed by atoms with E-state index >= 15 is 0 Å². The highest BCUT2D eigenvalue weighted by Gasteiger charge is 2.31. The Morgan fingerprint density at radius 1 is 1.05 bits per heavy atom. The largest absolute Gasteiger partial charge is 0.480 e. The standard InChI is InChI=1S/C17H21NO3/c19-16(14-9-8-12-5-4-6-13(12)11-14)18-10-3-1-2-7-15(18)17(20)21/h8-9,11,15H,1-7,10H2,(H,20,21). The Morgan fingerprint density at radius 3 is 2.67 bits per heavy atom. The first kappa shape index (κ1) is 14.1. The molecule has 21 heavy (non-hydrogen) atoms. The van der Waals surface area contributed by atoms with Crippen LogP contribution < -0.4 is 0 Å². The Hall–Kier alpha value is -1.84. The Kier molecular flexibility index (Phi) is 3.95. The predicted molar refractivity (Wildman–Crippen MR) is 79.4 cm³/mol. The third-order valence-electron chi connectivity index (χ3n) is 4.64. The highest BCUT2D eigenvalue weighted by molar-refractivity contribution is 5.97. The number of fused-ring (bicyclic) bond motifs is 1. The summed E-state index contributed by atoms with van der Waals surface area (Å²) >= 11 is 0. The van der Waals surface area contributed by atoms with Gasteiger partial charge in [0.2, 0.25) is 0 Å². The molecule has 1 saturated heterocycles. The fourth-order valence-electron chi connectivity index (χ4n) is 3.48. The average Bonchev–Trinajstić information content (AvgIpc) is 2.80. The van der Waals surface area contributed by atoms with Crippen LogP contribution in [0.15, 0.2) is 18.2 Å². The summed E-state index contributed by atoms with van der Waals surface area (Å²) in [5.41, 5.74) is 3.23. The summed E-state index contributed by atoms with van der Waals surface area (Å²) in [6.07, 6.45) is 6.59. The van der Waals surface area contributed by atoms with E-state index in [9.17, 15) is 14.7 Å². The molecule has 2 aliphatic rings. The van der Waals surface area contributed by atoms with Gasteiger partial charge in [-0.3, -0.25) is 4.79 Å². The number of nitrogens with zero attached hydrogens (tertiary/aromatic N) is 1. The molecule has 1 amide bonds. The van der Waals surface area contributed by atoms with Crippen molar-refractivity contribution in [3.8, 4) is 0 Å². The zero-order valence-electron chi connectivity index (χ0n) is 12.2. The minimum atomic E-state index is -0.883. The number of carboxylic acid groups (broad SMARTS) is 1. The van der Waals surface area contributed by atoms with E-state index in [1.54, 1.807) is 4.90 Å². The van der Waals surface area contributed by atoms with Crippen LogP contribution in [-0.4, -0.2) is 34.5 Å². The molecule has 1 aliphatic carbocycles. The van der Waals surface area contributed by atoms with E-state index < -0.39 is 12.0 Å². The van der Waals surface area contributed by atoms with E-state index in [4.69, 9.17) is 0 Å². The molecule has 1 heterocycles. The van der Waals surface area contributed by atoms with Gasteiger partial charge in [-0.15, -0.1) is 0 Å². The molecule has 0 spiro atoms. The van der Waals surface area contributed by atoms with Crippen LogP contribution in [0.5, 0.6) is 0 Å². The summed E-state index contributed by atoms with van der Waals surface area (Å²) in [5, 5.41) is 9.39. The molecule has 112 valence electrons. The van der Waals surface area contributed by atoms with Gasteiger partial charge in [0.25, 0.3) is 5.91 Å². The molecule has 1 atom stereocenters. The molecule has 1 aliphatic heterocycles.